The number of rotatable bonds is 3. The molecule has 1 saturated heterocycles. The molecule has 0 aromatic carbocycles. The topological polar surface area (TPSA) is 28.0 Å². The molecule has 0 atom stereocenters. The van der Waals surface area contributed by atoms with E-state index in [9.17, 15) is 0 Å². The maximum atomic E-state index is 4.35. The Balaban J connectivity index is 2.85. The molecule has 0 aliphatic carbocycles. The third-order valence-electron chi connectivity index (χ3n) is 2.40. The zero-order chi connectivity index (χ0) is 12.3. The molecule has 0 amide bonds. The van der Waals surface area contributed by atoms with Gasteiger partial charge in [0.05, 0.1) is 0 Å². The van der Waals surface area contributed by atoms with E-state index in [2.05, 4.69) is 42.8 Å². The van der Waals surface area contributed by atoms with Crippen LogP contribution < -0.4 is 0 Å². The first-order valence-corrected chi connectivity index (χ1v) is 6.81. The molecule has 0 unspecified atom stereocenters. The fraction of sp³-hybridized carbons (Fsp3) is 0.833. The summed E-state index contributed by atoms with van der Waals surface area (Å²) in [6.45, 7) is 14.0. The first-order valence-electron chi connectivity index (χ1n) is 5.82. The highest BCUT2D eigenvalue weighted by Gasteiger charge is 2.37. The second kappa shape index (κ2) is 5.21. The molecule has 16 heavy (non-hydrogen) atoms. The third kappa shape index (κ3) is 3.51. The van der Waals surface area contributed by atoms with E-state index in [1.54, 1.807) is 0 Å². The Bertz CT molecular complexity index is 301. The number of thioether (sulfide) groups is 1. The average molecular weight is 241 g/mol. The quantitative estimate of drug-likeness (QED) is 0.560. The van der Waals surface area contributed by atoms with Gasteiger partial charge < -0.3 is 4.90 Å². The highest BCUT2D eigenvalue weighted by molar-refractivity contribution is 8.14. The van der Waals surface area contributed by atoms with Crippen LogP contribution in [0.2, 0.25) is 0 Å². The van der Waals surface area contributed by atoms with Crippen LogP contribution in [0.5, 0.6) is 0 Å². The van der Waals surface area contributed by atoms with E-state index in [4.69, 9.17) is 0 Å². The summed E-state index contributed by atoms with van der Waals surface area (Å²) in [4.78, 5) is 2.38. The van der Waals surface area contributed by atoms with E-state index in [0.717, 1.165) is 23.2 Å². The van der Waals surface area contributed by atoms with Crippen molar-refractivity contribution in [2.75, 3.05) is 12.3 Å². The molecule has 1 aliphatic heterocycles. The van der Waals surface area contributed by atoms with Crippen molar-refractivity contribution in [1.82, 2.24) is 4.90 Å². The van der Waals surface area contributed by atoms with Crippen LogP contribution in [0.25, 0.3) is 0 Å². The first kappa shape index (κ1) is 13.6. The molecule has 1 fully saturated rings. The van der Waals surface area contributed by atoms with Gasteiger partial charge in [0, 0.05) is 23.5 Å². The summed E-state index contributed by atoms with van der Waals surface area (Å²) < 4.78 is 0. The van der Waals surface area contributed by atoms with Gasteiger partial charge in [-0.1, -0.05) is 25.6 Å². The smallest absolute Gasteiger partial charge is 0.186 e. The Morgan fingerprint density at radius 1 is 1.44 bits per heavy atom. The van der Waals surface area contributed by atoms with Crippen molar-refractivity contribution in [2.24, 2.45) is 16.1 Å². The zero-order valence-corrected chi connectivity index (χ0v) is 12.1. The number of amidine groups is 1. The monoisotopic (exact) mass is 241 g/mol. The standard InChI is InChI=1S/C12H23N3S/c1-9(2)7-15-11(14-13-10(3)4)16-8-12(15,5)6/h9H,7-8H2,1-6H3. The SMILES string of the molecule is CC(C)=NN=C1SCC(C)(C)N1CC(C)C. The Labute approximate surface area is 103 Å². The minimum absolute atomic E-state index is 0.199. The molecule has 4 heteroatoms. The Morgan fingerprint density at radius 2 is 2.06 bits per heavy atom. The predicted molar refractivity (Wildman–Crippen MR) is 74.3 cm³/mol. The van der Waals surface area contributed by atoms with Crippen molar-refractivity contribution in [3.8, 4) is 0 Å². The van der Waals surface area contributed by atoms with Gasteiger partial charge >= 0.3 is 0 Å². The molecule has 0 aromatic heterocycles. The van der Waals surface area contributed by atoms with Gasteiger partial charge in [-0.3, -0.25) is 0 Å². The average Bonchev–Trinajstić information content (AvgIpc) is 2.39. The minimum atomic E-state index is 0.199. The van der Waals surface area contributed by atoms with Crippen LogP contribution in [0.3, 0.4) is 0 Å². The van der Waals surface area contributed by atoms with Gasteiger partial charge in [0.25, 0.3) is 0 Å². The van der Waals surface area contributed by atoms with Crippen molar-refractivity contribution >= 4 is 22.6 Å². The Kier molecular flexibility index (Phi) is 4.42. The van der Waals surface area contributed by atoms with Crippen LogP contribution in [0, 0.1) is 5.92 Å². The lowest BCUT2D eigenvalue weighted by Gasteiger charge is -2.33. The lowest BCUT2D eigenvalue weighted by atomic mass is 10.0. The molecule has 92 valence electrons. The zero-order valence-electron chi connectivity index (χ0n) is 11.2. The third-order valence-corrected chi connectivity index (χ3v) is 3.81. The van der Waals surface area contributed by atoms with Crippen LogP contribution in [-0.2, 0) is 0 Å². The van der Waals surface area contributed by atoms with Gasteiger partial charge in [-0.15, -0.1) is 5.10 Å². The Morgan fingerprint density at radius 3 is 2.56 bits per heavy atom. The number of nitrogens with zero attached hydrogens (tertiary/aromatic N) is 3. The van der Waals surface area contributed by atoms with Gasteiger partial charge in [0.2, 0.25) is 0 Å². The molecule has 1 aliphatic rings. The predicted octanol–water partition coefficient (Wildman–Crippen LogP) is 3.22. The minimum Gasteiger partial charge on any atom is -0.344 e. The van der Waals surface area contributed by atoms with Gasteiger partial charge in [0.1, 0.15) is 0 Å². The molecule has 0 radical (unpaired) electrons. The maximum Gasteiger partial charge on any atom is 0.186 e. The molecule has 0 bridgehead atoms. The van der Waals surface area contributed by atoms with E-state index in [1.807, 2.05) is 25.6 Å². The van der Waals surface area contributed by atoms with Crippen molar-refractivity contribution in [3.05, 3.63) is 0 Å². The van der Waals surface area contributed by atoms with Crippen LogP contribution in [0.15, 0.2) is 10.2 Å². The van der Waals surface area contributed by atoms with E-state index in [1.165, 1.54) is 0 Å². The Hall–Kier alpha value is -0.510. The van der Waals surface area contributed by atoms with Crippen LogP contribution in [0.1, 0.15) is 41.5 Å². The van der Waals surface area contributed by atoms with Gasteiger partial charge in [-0.25, -0.2) is 0 Å². The van der Waals surface area contributed by atoms with E-state index >= 15 is 0 Å². The molecule has 0 spiro atoms. The fourth-order valence-electron chi connectivity index (χ4n) is 1.57. The summed E-state index contributed by atoms with van der Waals surface area (Å²) in [5.41, 5.74) is 1.20. The molecule has 1 rings (SSSR count). The van der Waals surface area contributed by atoms with Crippen molar-refractivity contribution in [1.29, 1.82) is 0 Å². The van der Waals surface area contributed by atoms with E-state index in [0.29, 0.717) is 5.92 Å². The first-order chi connectivity index (χ1) is 7.33. The van der Waals surface area contributed by atoms with Gasteiger partial charge in [-0.05, 0) is 33.6 Å². The second-order valence-corrected chi connectivity index (χ2v) is 6.48. The molecule has 0 N–H and O–H groups in total. The molecular formula is C12H23N3S. The molecule has 0 saturated carbocycles. The summed E-state index contributed by atoms with van der Waals surface area (Å²) >= 11 is 1.81. The largest absolute Gasteiger partial charge is 0.344 e. The summed E-state index contributed by atoms with van der Waals surface area (Å²) in [5, 5.41) is 9.59. The van der Waals surface area contributed by atoms with E-state index in [-0.39, 0.29) is 5.54 Å². The van der Waals surface area contributed by atoms with Crippen molar-refractivity contribution in [2.45, 2.75) is 47.1 Å². The van der Waals surface area contributed by atoms with Gasteiger partial charge in [-0.2, -0.15) is 5.10 Å². The molecule has 3 nitrogen and oxygen atoms in total. The summed E-state index contributed by atoms with van der Waals surface area (Å²) in [6, 6.07) is 0. The summed E-state index contributed by atoms with van der Waals surface area (Å²) in [5.74, 6) is 1.74. The molecule has 0 aromatic rings. The normalized spacial score (nSPS) is 21.9. The van der Waals surface area contributed by atoms with Gasteiger partial charge in [0.15, 0.2) is 5.17 Å². The lowest BCUT2D eigenvalue weighted by molar-refractivity contribution is 0.232. The number of hydrogen-bond acceptors (Lipinski definition) is 3. The van der Waals surface area contributed by atoms with Crippen molar-refractivity contribution in [3.63, 3.8) is 0 Å². The van der Waals surface area contributed by atoms with Crippen LogP contribution >= 0.6 is 11.8 Å². The maximum absolute atomic E-state index is 4.35. The highest BCUT2D eigenvalue weighted by atomic mass is 32.2. The second-order valence-electron chi connectivity index (χ2n) is 5.54. The fourth-order valence-corrected chi connectivity index (χ4v) is 2.79. The summed E-state index contributed by atoms with van der Waals surface area (Å²) in [6.07, 6.45) is 0. The summed E-state index contributed by atoms with van der Waals surface area (Å²) in [7, 11) is 0. The van der Waals surface area contributed by atoms with Crippen LogP contribution in [-0.4, -0.2) is 33.6 Å². The molecular weight excluding hydrogens is 218 g/mol. The van der Waals surface area contributed by atoms with Crippen LogP contribution in [0.4, 0.5) is 0 Å². The van der Waals surface area contributed by atoms with Crippen molar-refractivity contribution < 1.29 is 0 Å². The van der Waals surface area contributed by atoms with E-state index < -0.39 is 0 Å². The lowest BCUT2D eigenvalue weighted by Crippen LogP contribution is -2.44. The number of hydrogen-bond donors (Lipinski definition) is 0. The highest BCUT2D eigenvalue weighted by Crippen LogP contribution is 2.33. The molecule has 1 heterocycles.